The maximum absolute atomic E-state index is 12.9. The minimum atomic E-state index is -1.41. The lowest BCUT2D eigenvalue weighted by molar-refractivity contribution is 0.0697. The predicted octanol–water partition coefficient (Wildman–Crippen LogP) is 2.14. The zero-order valence-electron chi connectivity index (χ0n) is 13.9. The van der Waals surface area contributed by atoms with Crippen molar-refractivity contribution in [3.63, 3.8) is 0 Å². The Kier molecular flexibility index (Phi) is 5.06. The second-order valence-corrected chi connectivity index (χ2v) is 7.16. The SMILES string of the molecule is CCS(=O)c1cc(OCCO)cc2c(=O)c3cc(C(=O)O)ccc3oc12. The van der Waals surface area contributed by atoms with E-state index in [0.717, 1.165) is 0 Å². The summed E-state index contributed by atoms with van der Waals surface area (Å²) in [7, 11) is -1.41. The molecule has 0 bridgehead atoms. The minimum Gasteiger partial charge on any atom is -0.491 e. The molecule has 7 nitrogen and oxygen atoms in total. The molecule has 1 heterocycles. The summed E-state index contributed by atoms with van der Waals surface area (Å²) in [6.07, 6.45) is 0. The fraction of sp³-hybridized carbons (Fsp3) is 0.222. The zero-order valence-corrected chi connectivity index (χ0v) is 14.7. The number of fused-ring (bicyclic) bond motifs is 2. The Balaban J connectivity index is 2.37. The number of hydrogen-bond donors (Lipinski definition) is 2. The van der Waals surface area contributed by atoms with Crippen LogP contribution in [0.5, 0.6) is 5.75 Å². The van der Waals surface area contributed by atoms with Gasteiger partial charge in [0.05, 0.1) is 38.6 Å². The highest BCUT2D eigenvalue weighted by molar-refractivity contribution is 7.85. The van der Waals surface area contributed by atoms with Crippen LogP contribution in [0.2, 0.25) is 0 Å². The third-order valence-electron chi connectivity index (χ3n) is 3.82. The van der Waals surface area contributed by atoms with Gasteiger partial charge >= 0.3 is 5.97 Å². The fourth-order valence-electron chi connectivity index (χ4n) is 2.61. The van der Waals surface area contributed by atoms with E-state index in [9.17, 15) is 13.8 Å². The molecular weight excluding hydrogens is 360 g/mol. The number of benzene rings is 2. The van der Waals surface area contributed by atoms with Gasteiger partial charge in [-0.25, -0.2) is 4.79 Å². The van der Waals surface area contributed by atoms with Gasteiger partial charge in [-0.3, -0.25) is 9.00 Å². The molecule has 1 aromatic heterocycles. The van der Waals surface area contributed by atoms with Gasteiger partial charge in [0.2, 0.25) is 5.43 Å². The highest BCUT2D eigenvalue weighted by atomic mass is 32.2. The van der Waals surface area contributed by atoms with Crippen molar-refractivity contribution in [3.05, 3.63) is 46.1 Å². The summed E-state index contributed by atoms with van der Waals surface area (Å²) >= 11 is 0. The normalized spacial score (nSPS) is 12.4. The summed E-state index contributed by atoms with van der Waals surface area (Å²) in [5, 5.41) is 18.3. The Morgan fingerprint density at radius 2 is 2.00 bits per heavy atom. The standard InChI is InChI=1S/C18H16O7S/c1-2-26(23)15-9-11(24-6-5-19)8-13-16(20)12-7-10(18(21)22)3-4-14(12)25-17(13)15/h3-4,7-9,19H,2,5-6H2,1H3,(H,21,22). The molecule has 0 aliphatic heterocycles. The molecule has 0 aliphatic rings. The van der Waals surface area contributed by atoms with Gasteiger partial charge in [0.25, 0.3) is 0 Å². The number of aliphatic hydroxyl groups excluding tert-OH is 1. The summed E-state index contributed by atoms with van der Waals surface area (Å²) in [6, 6.07) is 6.97. The molecule has 1 atom stereocenters. The van der Waals surface area contributed by atoms with E-state index in [0.29, 0.717) is 10.6 Å². The van der Waals surface area contributed by atoms with Crippen LogP contribution in [0.15, 0.2) is 44.4 Å². The lowest BCUT2D eigenvalue weighted by atomic mass is 10.1. The third-order valence-corrected chi connectivity index (χ3v) is 5.14. The lowest BCUT2D eigenvalue weighted by Gasteiger charge is -2.10. The van der Waals surface area contributed by atoms with Gasteiger partial charge in [-0.15, -0.1) is 0 Å². The number of aromatic carboxylic acids is 1. The molecule has 0 fully saturated rings. The highest BCUT2D eigenvalue weighted by Gasteiger charge is 2.18. The first-order valence-corrected chi connectivity index (χ1v) is 9.18. The second kappa shape index (κ2) is 7.27. The summed E-state index contributed by atoms with van der Waals surface area (Å²) in [4.78, 5) is 24.4. The van der Waals surface area contributed by atoms with E-state index in [4.69, 9.17) is 19.4 Å². The predicted molar refractivity (Wildman–Crippen MR) is 96.5 cm³/mol. The number of carboxylic acid groups (broad SMARTS) is 1. The van der Waals surface area contributed by atoms with Crippen LogP contribution in [0.25, 0.3) is 21.9 Å². The molecule has 3 rings (SSSR count). The van der Waals surface area contributed by atoms with E-state index in [2.05, 4.69) is 0 Å². The molecule has 0 aliphatic carbocycles. The van der Waals surface area contributed by atoms with Crippen LogP contribution in [0.4, 0.5) is 0 Å². The fourth-order valence-corrected chi connectivity index (χ4v) is 3.52. The van der Waals surface area contributed by atoms with Gasteiger partial charge in [0.15, 0.2) is 5.58 Å². The smallest absolute Gasteiger partial charge is 0.335 e. The van der Waals surface area contributed by atoms with Crippen molar-refractivity contribution < 1.29 is 28.4 Å². The van der Waals surface area contributed by atoms with E-state index in [1.807, 2.05) is 0 Å². The number of hydrogen-bond acceptors (Lipinski definition) is 6. The molecular formula is C18H16O7S. The topological polar surface area (TPSA) is 114 Å². The Bertz CT molecular complexity index is 1080. The van der Waals surface area contributed by atoms with Crippen molar-refractivity contribution in [2.75, 3.05) is 19.0 Å². The first-order chi connectivity index (χ1) is 12.5. The molecule has 0 radical (unpaired) electrons. The van der Waals surface area contributed by atoms with Crippen molar-refractivity contribution in [2.24, 2.45) is 0 Å². The van der Waals surface area contributed by atoms with E-state index >= 15 is 0 Å². The number of rotatable bonds is 6. The number of ether oxygens (including phenoxy) is 1. The van der Waals surface area contributed by atoms with E-state index in [1.54, 1.807) is 6.92 Å². The summed E-state index contributed by atoms with van der Waals surface area (Å²) in [5.41, 5.74) is -0.0738. The molecule has 0 amide bonds. The Hall–Kier alpha value is -2.71. The quantitative estimate of drug-likeness (QED) is 0.634. The molecule has 1 unspecified atom stereocenters. The van der Waals surface area contributed by atoms with Crippen LogP contribution in [0, 0.1) is 0 Å². The Morgan fingerprint density at radius 3 is 2.65 bits per heavy atom. The van der Waals surface area contributed by atoms with Crippen LogP contribution in [0.3, 0.4) is 0 Å². The summed E-state index contributed by atoms with van der Waals surface area (Å²) < 4.78 is 23.6. The molecule has 8 heteroatoms. The van der Waals surface area contributed by atoms with Crippen LogP contribution in [-0.4, -0.2) is 39.4 Å². The van der Waals surface area contributed by atoms with Crippen molar-refractivity contribution in [3.8, 4) is 5.75 Å². The van der Waals surface area contributed by atoms with E-state index in [-0.39, 0.29) is 46.5 Å². The molecule has 2 aromatic carbocycles. The van der Waals surface area contributed by atoms with E-state index < -0.39 is 22.2 Å². The first kappa shape index (κ1) is 18.1. The van der Waals surface area contributed by atoms with Crippen LogP contribution in [0.1, 0.15) is 17.3 Å². The lowest BCUT2D eigenvalue weighted by Crippen LogP contribution is -2.08. The van der Waals surface area contributed by atoms with Crippen LogP contribution >= 0.6 is 0 Å². The molecule has 26 heavy (non-hydrogen) atoms. The van der Waals surface area contributed by atoms with Gasteiger partial charge in [-0.2, -0.15) is 0 Å². The van der Waals surface area contributed by atoms with Crippen molar-refractivity contribution in [1.82, 2.24) is 0 Å². The number of carboxylic acids is 1. The molecule has 0 saturated heterocycles. The molecule has 0 spiro atoms. The van der Waals surface area contributed by atoms with Gasteiger partial charge in [-0.05, 0) is 24.3 Å². The minimum absolute atomic E-state index is 0.0196. The third kappa shape index (κ3) is 3.21. The Morgan fingerprint density at radius 1 is 1.23 bits per heavy atom. The number of aliphatic hydroxyl groups is 1. The van der Waals surface area contributed by atoms with Crippen molar-refractivity contribution in [2.45, 2.75) is 11.8 Å². The maximum Gasteiger partial charge on any atom is 0.335 e. The Labute approximate surface area is 150 Å². The van der Waals surface area contributed by atoms with Gasteiger partial charge in [0, 0.05) is 11.8 Å². The first-order valence-electron chi connectivity index (χ1n) is 7.86. The highest BCUT2D eigenvalue weighted by Crippen LogP contribution is 2.29. The molecule has 136 valence electrons. The van der Waals surface area contributed by atoms with Crippen molar-refractivity contribution >= 4 is 38.7 Å². The molecule has 0 saturated carbocycles. The summed E-state index contributed by atoms with van der Waals surface area (Å²) in [6.45, 7) is 1.55. The van der Waals surface area contributed by atoms with E-state index in [1.165, 1.54) is 30.3 Å². The average molecular weight is 376 g/mol. The van der Waals surface area contributed by atoms with Gasteiger partial charge < -0.3 is 19.4 Å². The van der Waals surface area contributed by atoms with Crippen LogP contribution in [-0.2, 0) is 10.8 Å². The largest absolute Gasteiger partial charge is 0.491 e. The van der Waals surface area contributed by atoms with Crippen molar-refractivity contribution in [1.29, 1.82) is 0 Å². The zero-order chi connectivity index (χ0) is 18.8. The molecule has 3 aromatic rings. The monoisotopic (exact) mass is 376 g/mol. The number of carbonyl (C=O) groups is 1. The van der Waals surface area contributed by atoms with Gasteiger partial charge in [0.1, 0.15) is 17.9 Å². The molecule has 2 N–H and O–H groups in total. The second-order valence-electron chi connectivity index (χ2n) is 5.45. The van der Waals surface area contributed by atoms with Crippen LogP contribution < -0.4 is 10.2 Å². The van der Waals surface area contributed by atoms with Gasteiger partial charge in [-0.1, -0.05) is 6.92 Å². The summed E-state index contributed by atoms with van der Waals surface area (Å²) in [5.74, 6) is -0.554. The maximum atomic E-state index is 12.9. The average Bonchev–Trinajstić information content (AvgIpc) is 2.65.